The first kappa shape index (κ1) is 18.6. The van der Waals surface area contributed by atoms with Gasteiger partial charge < -0.3 is 10.6 Å². The van der Waals surface area contributed by atoms with E-state index in [0.717, 1.165) is 22.5 Å². The van der Waals surface area contributed by atoms with Crippen molar-refractivity contribution in [2.75, 3.05) is 10.6 Å². The normalized spacial score (nSPS) is 10.5. The number of benzene rings is 2. The molecular weight excluding hydrogens is 365 g/mol. The monoisotopic (exact) mass is 385 g/mol. The Labute approximate surface area is 168 Å². The molecule has 0 atom stereocenters. The SMILES string of the molecule is Fc1ccc(CNc2cc(NCc3ccncc3)nc(-c3ccccc3)n2)cc1. The van der Waals surface area contributed by atoms with E-state index in [1.807, 2.05) is 48.5 Å². The number of aromatic nitrogens is 3. The van der Waals surface area contributed by atoms with Crippen molar-refractivity contribution in [2.45, 2.75) is 13.1 Å². The van der Waals surface area contributed by atoms with Gasteiger partial charge in [-0.25, -0.2) is 14.4 Å². The van der Waals surface area contributed by atoms with Crippen LogP contribution in [0.15, 0.2) is 85.2 Å². The fourth-order valence-electron chi connectivity index (χ4n) is 2.83. The van der Waals surface area contributed by atoms with Crippen molar-refractivity contribution < 1.29 is 4.39 Å². The molecule has 144 valence electrons. The van der Waals surface area contributed by atoms with Crippen molar-refractivity contribution in [1.29, 1.82) is 0 Å². The van der Waals surface area contributed by atoms with Crippen LogP contribution >= 0.6 is 0 Å². The van der Waals surface area contributed by atoms with Crippen molar-refractivity contribution in [1.82, 2.24) is 15.0 Å². The lowest BCUT2D eigenvalue weighted by Crippen LogP contribution is -2.07. The van der Waals surface area contributed by atoms with Crippen LogP contribution in [0, 0.1) is 5.82 Å². The molecule has 4 aromatic rings. The lowest BCUT2D eigenvalue weighted by Gasteiger charge is -2.12. The Balaban J connectivity index is 1.56. The minimum Gasteiger partial charge on any atom is -0.366 e. The molecule has 4 rings (SSSR count). The molecule has 0 unspecified atom stereocenters. The van der Waals surface area contributed by atoms with Crippen molar-refractivity contribution in [2.24, 2.45) is 0 Å². The van der Waals surface area contributed by atoms with Crippen molar-refractivity contribution in [3.63, 3.8) is 0 Å². The van der Waals surface area contributed by atoms with E-state index >= 15 is 0 Å². The largest absolute Gasteiger partial charge is 0.366 e. The van der Waals surface area contributed by atoms with Crippen LogP contribution in [0.4, 0.5) is 16.0 Å². The highest BCUT2D eigenvalue weighted by Gasteiger charge is 2.07. The molecule has 0 spiro atoms. The second-order valence-corrected chi connectivity index (χ2v) is 6.52. The van der Waals surface area contributed by atoms with Crippen LogP contribution in [0.25, 0.3) is 11.4 Å². The van der Waals surface area contributed by atoms with Crippen LogP contribution in [0.1, 0.15) is 11.1 Å². The number of rotatable bonds is 7. The molecule has 2 heterocycles. The van der Waals surface area contributed by atoms with Gasteiger partial charge in [0, 0.05) is 37.1 Å². The van der Waals surface area contributed by atoms with E-state index in [0.29, 0.717) is 24.7 Å². The predicted molar refractivity (Wildman–Crippen MR) is 113 cm³/mol. The number of anilines is 2. The zero-order valence-electron chi connectivity index (χ0n) is 15.7. The Hall–Kier alpha value is -3.80. The Kier molecular flexibility index (Phi) is 5.71. The van der Waals surface area contributed by atoms with Gasteiger partial charge in [-0.3, -0.25) is 4.98 Å². The van der Waals surface area contributed by atoms with E-state index in [2.05, 4.69) is 25.6 Å². The minimum atomic E-state index is -0.246. The quantitative estimate of drug-likeness (QED) is 0.474. The Morgan fingerprint density at radius 1 is 0.690 bits per heavy atom. The van der Waals surface area contributed by atoms with Gasteiger partial charge in [0.05, 0.1) is 0 Å². The van der Waals surface area contributed by atoms with Crippen molar-refractivity contribution >= 4 is 11.6 Å². The highest BCUT2D eigenvalue weighted by Crippen LogP contribution is 2.21. The molecule has 0 aliphatic carbocycles. The number of pyridine rings is 1. The average Bonchev–Trinajstić information content (AvgIpc) is 2.78. The fraction of sp³-hybridized carbons (Fsp3) is 0.0870. The molecule has 6 heteroatoms. The van der Waals surface area contributed by atoms with Crippen LogP contribution in [0.2, 0.25) is 0 Å². The summed E-state index contributed by atoms with van der Waals surface area (Å²) < 4.78 is 13.1. The highest BCUT2D eigenvalue weighted by molar-refractivity contribution is 5.61. The summed E-state index contributed by atoms with van der Waals surface area (Å²) in [6.07, 6.45) is 3.53. The van der Waals surface area contributed by atoms with E-state index in [-0.39, 0.29) is 5.82 Å². The number of nitrogens with zero attached hydrogens (tertiary/aromatic N) is 3. The third-order valence-corrected chi connectivity index (χ3v) is 4.37. The first-order valence-corrected chi connectivity index (χ1v) is 9.32. The molecule has 2 aromatic heterocycles. The highest BCUT2D eigenvalue weighted by atomic mass is 19.1. The fourth-order valence-corrected chi connectivity index (χ4v) is 2.83. The second-order valence-electron chi connectivity index (χ2n) is 6.52. The Morgan fingerprint density at radius 2 is 1.28 bits per heavy atom. The van der Waals surface area contributed by atoms with Crippen LogP contribution < -0.4 is 10.6 Å². The smallest absolute Gasteiger partial charge is 0.163 e. The number of hydrogen-bond acceptors (Lipinski definition) is 5. The zero-order valence-corrected chi connectivity index (χ0v) is 15.7. The summed E-state index contributed by atoms with van der Waals surface area (Å²) in [5.74, 6) is 1.80. The van der Waals surface area contributed by atoms with Crippen LogP contribution in [0.3, 0.4) is 0 Å². The van der Waals surface area contributed by atoms with E-state index in [9.17, 15) is 4.39 Å². The predicted octanol–water partition coefficient (Wildman–Crippen LogP) is 4.90. The van der Waals surface area contributed by atoms with E-state index in [1.54, 1.807) is 24.5 Å². The van der Waals surface area contributed by atoms with Crippen LogP contribution in [-0.2, 0) is 13.1 Å². The molecule has 0 aliphatic heterocycles. The average molecular weight is 385 g/mol. The van der Waals surface area contributed by atoms with Gasteiger partial charge in [0.15, 0.2) is 5.82 Å². The molecule has 0 aliphatic rings. The van der Waals surface area contributed by atoms with E-state index in [4.69, 9.17) is 0 Å². The van der Waals surface area contributed by atoms with Gasteiger partial charge in [-0.1, -0.05) is 42.5 Å². The maximum atomic E-state index is 13.1. The van der Waals surface area contributed by atoms with Crippen LogP contribution in [0.5, 0.6) is 0 Å². The van der Waals surface area contributed by atoms with Gasteiger partial charge in [0.25, 0.3) is 0 Å². The Bertz CT molecular complexity index is 1050. The molecule has 0 saturated heterocycles. The summed E-state index contributed by atoms with van der Waals surface area (Å²) in [5, 5.41) is 6.65. The zero-order chi connectivity index (χ0) is 19.9. The first-order valence-electron chi connectivity index (χ1n) is 9.32. The maximum Gasteiger partial charge on any atom is 0.163 e. The molecule has 0 radical (unpaired) electrons. The minimum absolute atomic E-state index is 0.246. The number of halogens is 1. The third kappa shape index (κ3) is 5.13. The Morgan fingerprint density at radius 3 is 1.90 bits per heavy atom. The molecule has 2 N–H and O–H groups in total. The number of hydrogen-bond donors (Lipinski definition) is 2. The van der Waals surface area contributed by atoms with Gasteiger partial charge in [0.2, 0.25) is 0 Å². The first-order chi connectivity index (χ1) is 14.3. The topological polar surface area (TPSA) is 62.7 Å². The van der Waals surface area contributed by atoms with Gasteiger partial charge in [-0.15, -0.1) is 0 Å². The van der Waals surface area contributed by atoms with E-state index in [1.165, 1.54) is 12.1 Å². The standard InChI is InChI=1S/C23H20FN5/c24-20-8-6-17(7-9-20)15-26-21-14-22(27-16-18-10-12-25-13-11-18)29-23(28-21)19-4-2-1-3-5-19/h1-14H,15-16H2,(H2,26,27,28,29). The molecule has 2 aromatic carbocycles. The summed E-state index contributed by atoms with van der Waals surface area (Å²) in [7, 11) is 0. The second kappa shape index (κ2) is 8.93. The number of nitrogens with one attached hydrogen (secondary N) is 2. The van der Waals surface area contributed by atoms with Gasteiger partial charge >= 0.3 is 0 Å². The van der Waals surface area contributed by atoms with Crippen molar-refractivity contribution in [3.05, 3.63) is 102 Å². The molecule has 0 amide bonds. The molecule has 0 saturated carbocycles. The lowest BCUT2D eigenvalue weighted by atomic mass is 10.2. The van der Waals surface area contributed by atoms with Gasteiger partial charge in [0.1, 0.15) is 17.5 Å². The molecule has 5 nitrogen and oxygen atoms in total. The summed E-state index contributed by atoms with van der Waals surface area (Å²) in [5.41, 5.74) is 3.02. The molecule has 29 heavy (non-hydrogen) atoms. The summed E-state index contributed by atoms with van der Waals surface area (Å²) >= 11 is 0. The van der Waals surface area contributed by atoms with Gasteiger partial charge in [-0.2, -0.15) is 0 Å². The van der Waals surface area contributed by atoms with Crippen molar-refractivity contribution in [3.8, 4) is 11.4 Å². The van der Waals surface area contributed by atoms with Crippen LogP contribution in [-0.4, -0.2) is 15.0 Å². The lowest BCUT2D eigenvalue weighted by molar-refractivity contribution is 0.627. The summed E-state index contributed by atoms with van der Waals surface area (Å²) in [6.45, 7) is 1.17. The molecule has 0 bridgehead atoms. The summed E-state index contributed by atoms with van der Waals surface area (Å²) in [4.78, 5) is 13.3. The van der Waals surface area contributed by atoms with E-state index < -0.39 is 0 Å². The van der Waals surface area contributed by atoms with Gasteiger partial charge in [-0.05, 0) is 35.4 Å². The molecule has 0 fully saturated rings. The maximum absolute atomic E-state index is 13.1. The molecular formula is C23H20FN5. The third-order valence-electron chi connectivity index (χ3n) is 4.37. The summed E-state index contributed by atoms with van der Waals surface area (Å²) in [6, 6.07) is 22.0.